The third-order valence-electron chi connectivity index (χ3n) is 6.06. The zero-order valence-electron chi connectivity index (χ0n) is 22.7. The van der Waals surface area contributed by atoms with Crippen molar-refractivity contribution in [2.45, 2.75) is 52.9 Å². The van der Waals surface area contributed by atoms with Gasteiger partial charge in [-0.25, -0.2) is 14.4 Å². The molecule has 6 heteroatoms. The Labute approximate surface area is 230 Å². The number of hydrogen-bond acceptors (Lipinski definition) is 6. The van der Waals surface area contributed by atoms with Crippen LogP contribution in [0.1, 0.15) is 89.5 Å². The van der Waals surface area contributed by atoms with E-state index in [2.05, 4.69) is 18.8 Å². The van der Waals surface area contributed by atoms with E-state index in [0.717, 1.165) is 24.8 Å². The molecule has 0 aliphatic heterocycles. The van der Waals surface area contributed by atoms with Gasteiger partial charge in [0.1, 0.15) is 11.5 Å². The first-order valence-electron chi connectivity index (χ1n) is 13.3. The minimum Gasteiger partial charge on any atom is -0.462 e. The molecule has 0 bridgehead atoms. The van der Waals surface area contributed by atoms with E-state index in [4.69, 9.17) is 14.2 Å². The van der Waals surface area contributed by atoms with Gasteiger partial charge in [-0.2, -0.15) is 0 Å². The lowest BCUT2D eigenvalue weighted by Crippen LogP contribution is -2.12. The van der Waals surface area contributed by atoms with Crippen LogP contribution in [0.25, 0.3) is 0 Å². The second kappa shape index (κ2) is 15.1. The second-order valence-electron chi connectivity index (χ2n) is 9.28. The molecule has 202 valence electrons. The maximum atomic E-state index is 12.5. The van der Waals surface area contributed by atoms with Gasteiger partial charge >= 0.3 is 17.9 Å². The van der Waals surface area contributed by atoms with Crippen molar-refractivity contribution in [1.29, 1.82) is 0 Å². The smallest absolute Gasteiger partial charge is 0.343 e. The largest absolute Gasteiger partial charge is 0.462 e. The minimum absolute atomic E-state index is 0.286. The number of hydrogen-bond donors (Lipinski definition) is 0. The molecule has 0 aromatic heterocycles. The monoisotopic (exact) mass is 526 g/mol. The van der Waals surface area contributed by atoms with E-state index < -0.39 is 17.9 Å². The summed E-state index contributed by atoms with van der Waals surface area (Å²) in [6.07, 6.45) is 5.22. The van der Waals surface area contributed by atoms with Gasteiger partial charge < -0.3 is 14.2 Å². The Bertz CT molecular complexity index is 1300. The highest BCUT2D eigenvalue weighted by atomic mass is 16.5. The van der Waals surface area contributed by atoms with Gasteiger partial charge in [-0.15, -0.1) is 0 Å². The van der Waals surface area contributed by atoms with Crippen LogP contribution in [0.5, 0.6) is 11.5 Å². The van der Waals surface area contributed by atoms with Crippen LogP contribution >= 0.6 is 0 Å². The lowest BCUT2D eigenvalue weighted by atomic mass is 10.1. The first-order valence-corrected chi connectivity index (χ1v) is 13.3. The number of unbranched alkanes of at least 4 members (excludes halogenated alkanes) is 3. The van der Waals surface area contributed by atoms with E-state index in [-0.39, 0.29) is 5.56 Å². The van der Waals surface area contributed by atoms with Gasteiger partial charge in [0.05, 0.1) is 23.3 Å². The standard InChI is InChI=1S/C33H34O6/c1-4-6-7-8-9-10-25-11-13-27(14-12-25)32(35)38-30-21-17-28(18-22-30)33(36)39-29-19-15-26(16-20-29)31(34)37-23-24(3)5-2/h11-22,24H,4-8,23H2,1-3H3. The van der Waals surface area contributed by atoms with Gasteiger partial charge in [-0.1, -0.05) is 51.9 Å². The SMILES string of the molecule is CCCCCC#Cc1ccc(C(=O)Oc2ccc(C(=O)Oc3ccc(C(=O)OCC(C)CC)cc3)cc2)cc1. The molecule has 0 aliphatic rings. The Hall–Kier alpha value is -4.37. The third kappa shape index (κ3) is 9.46. The molecule has 0 saturated heterocycles. The second-order valence-corrected chi connectivity index (χ2v) is 9.28. The summed E-state index contributed by atoms with van der Waals surface area (Å²) in [5, 5.41) is 0. The molecule has 1 atom stereocenters. The first-order chi connectivity index (χ1) is 18.9. The third-order valence-corrected chi connectivity index (χ3v) is 6.06. The van der Waals surface area contributed by atoms with E-state index in [1.165, 1.54) is 49.2 Å². The molecular formula is C33H34O6. The fourth-order valence-electron chi connectivity index (χ4n) is 3.39. The highest BCUT2D eigenvalue weighted by molar-refractivity contribution is 5.93. The number of esters is 3. The van der Waals surface area contributed by atoms with Crippen molar-refractivity contribution in [3.8, 4) is 23.3 Å². The van der Waals surface area contributed by atoms with Crippen molar-refractivity contribution in [2.24, 2.45) is 5.92 Å². The number of carbonyl (C=O) groups excluding carboxylic acids is 3. The lowest BCUT2D eigenvalue weighted by Gasteiger charge is -2.10. The molecule has 1 unspecified atom stereocenters. The quantitative estimate of drug-likeness (QED) is 0.113. The van der Waals surface area contributed by atoms with E-state index in [1.54, 1.807) is 36.4 Å². The molecule has 3 rings (SSSR count). The number of rotatable bonds is 11. The average Bonchev–Trinajstić information content (AvgIpc) is 2.96. The number of benzene rings is 3. The normalized spacial score (nSPS) is 11.1. The summed E-state index contributed by atoms with van der Waals surface area (Å²) in [6, 6.07) is 19.2. The van der Waals surface area contributed by atoms with Gasteiger partial charge in [0.15, 0.2) is 0 Å². The molecule has 0 saturated carbocycles. The van der Waals surface area contributed by atoms with Crippen molar-refractivity contribution < 1.29 is 28.6 Å². The summed E-state index contributed by atoms with van der Waals surface area (Å²) in [4.78, 5) is 37.2. The Morgan fingerprint density at radius 3 is 1.67 bits per heavy atom. The van der Waals surface area contributed by atoms with Crippen molar-refractivity contribution in [3.05, 3.63) is 95.1 Å². The fourth-order valence-corrected chi connectivity index (χ4v) is 3.39. The van der Waals surface area contributed by atoms with Crippen LogP contribution in [0.2, 0.25) is 0 Å². The summed E-state index contributed by atoms with van der Waals surface area (Å²) in [7, 11) is 0. The molecule has 0 N–H and O–H groups in total. The summed E-state index contributed by atoms with van der Waals surface area (Å²) < 4.78 is 16.1. The Morgan fingerprint density at radius 2 is 1.18 bits per heavy atom. The zero-order chi connectivity index (χ0) is 28.0. The first kappa shape index (κ1) is 29.2. The van der Waals surface area contributed by atoms with Gasteiger partial charge in [-0.05, 0) is 85.1 Å². The lowest BCUT2D eigenvalue weighted by molar-refractivity contribution is 0.0447. The molecule has 0 amide bonds. The maximum Gasteiger partial charge on any atom is 0.343 e. The van der Waals surface area contributed by atoms with Gasteiger partial charge in [0.25, 0.3) is 0 Å². The van der Waals surface area contributed by atoms with E-state index in [0.29, 0.717) is 35.2 Å². The maximum absolute atomic E-state index is 12.5. The van der Waals surface area contributed by atoms with Gasteiger partial charge in [0.2, 0.25) is 0 Å². The molecule has 3 aromatic carbocycles. The molecule has 0 fully saturated rings. The van der Waals surface area contributed by atoms with E-state index in [9.17, 15) is 14.4 Å². The average molecular weight is 527 g/mol. The Kier molecular flexibility index (Phi) is 11.3. The van der Waals surface area contributed by atoms with Gasteiger partial charge in [0, 0.05) is 12.0 Å². The highest BCUT2D eigenvalue weighted by Gasteiger charge is 2.13. The topological polar surface area (TPSA) is 78.9 Å². The van der Waals surface area contributed by atoms with Crippen LogP contribution in [-0.4, -0.2) is 24.5 Å². The van der Waals surface area contributed by atoms with Crippen molar-refractivity contribution in [3.63, 3.8) is 0 Å². The number of ether oxygens (including phenoxy) is 3. The van der Waals surface area contributed by atoms with Crippen LogP contribution in [-0.2, 0) is 4.74 Å². The predicted octanol–water partition coefficient (Wildman–Crippen LogP) is 7.26. The van der Waals surface area contributed by atoms with Crippen LogP contribution in [0, 0.1) is 17.8 Å². The van der Waals surface area contributed by atoms with E-state index >= 15 is 0 Å². The van der Waals surface area contributed by atoms with Crippen LogP contribution in [0.4, 0.5) is 0 Å². The van der Waals surface area contributed by atoms with Crippen molar-refractivity contribution >= 4 is 17.9 Å². The molecule has 0 aliphatic carbocycles. The zero-order valence-corrected chi connectivity index (χ0v) is 22.7. The minimum atomic E-state index is -0.577. The molecule has 0 spiro atoms. The van der Waals surface area contributed by atoms with Gasteiger partial charge in [-0.3, -0.25) is 0 Å². The number of carbonyl (C=O) groups is 3. The molecule has 3 aromatic rings. The summed E-state index contributed by atoms with van der Waals surface area (Å²) >= 11 is 0. The van der Waals surface area contributed by atoms with Crippen molar-refractivity contribution in [2.75, 3.05) is 6.61 Å². The van der Waals surface area contributed by atoms with Crippen LogP contribution in [0.3, 0.4) is 0 Å². The highest BCUT2D eigenvalue weighted by Crippen LogP contribution is 2.18. The Balaban J connectivity index is 1.50. The van der Waals surface area contributed by atoms with Crippen molar-refractivity contribution in [1.82, 2.24) is 0 Å². The molecular weight excluding hydrogens is 492 g/mol. The summed E-state index contributed by atoms with van der Waals surface area (Å²) in [6.45, 7) is 6.57. The van der Waals surface area contributed by atoms with Crippen LogP contribution < -0.4 is 9.47 Å². The Morgan fingerprint density at radius 1 is 0.692 bits per heavy atom. The van der Waals surface area contributed by atoms with Crippen LogP contribution in [0.15, 0.2) is 72.8 Å². The molecule has 6 nitrogen and oxygen atoms in total. The summed E-state index contributed by atoms with van der Waals surface area (Å²) in [5.41, 5.74) is 1.92. The molecule has 39 heavy (non-hydrogen) atoms. The fraction of sp³-hybridized carbons (Fsp3) is 0.303. The predicted molar refractivity (Wildman–Crippen MR) is 150 cm³/mol. The molecule has 0 heterocycles. The summed E-state index contributed by atoms with van der Waals surface area (Å²) in [5.74, 6) is 5.65. The van der Waals surface area contributed by atoms with E-state index in [1.807, 2.05) is 13.8 Å². The molecule has 0 radical (unpaired) electrons.